The molecular weight excluding hydrogens is 410 g/mol. The molecule has 0 spiro atoms. The predicted molar refractivity (Wildman–Crippen MR) is 135 cm³/mol. The maximum absolute atomic E-state index is 6.28. The van der Waals surface area contributed by atoms with Crippen LogP contribution in [-0.4, -0.2) is 27.8 Å². The first kappa shape index (κ1) is 21.3. The number of nitrogens with one attached hydrogen (secondary N) is 1. The Labute approximate surface area is 194 Å². The molecular formula is C27H31N5O. The highest BCUT2D eigenvalue weighted by atomic mass is 16.5. The fourth-order valence-electron chi connectivity index (χ4n) is 4.84. The Morgan fingerprint density at radius 1 is 1.00 bits per heavy atom. The number of aromatic nitrogens is 3. The Bertz CT molecular complexity index is 1240. The lowest BCUT2D eigenvalue weighted by Gasteiger charge is -2.44. The number of H-pyrrole nitrogens is 1. The van der Waals surface area contributed by atoms with Gasteiger partial charge in [0.05, 0.1) is 5.39 Å². The van der Waals surface area contributed by atoms with Crippen LogP contribution in [0, 0.1) is 5.41 Å². The number of rotatable bonds is 4. The zero-order chi connectivity index (χ0) is 23.0. The van der Waals surface area contributed by atoms with Crippen molar-refractivity contribution in [1.82, 2.24) is 15.2 Å². The summed E-state index contributed by atoms with van der Waals surface area (Å²) >= 11 is 0. The molecule has 0 bridgehead atoms. The highest BCUT2D eigenvalue weighted by Crippen LogP contribution is 2.39. The molecule has 0 saturated carbocycles. The summed E-state index contributed by atoms with van der Waals surface area (Å²) in [6.45, 7) is 7.94. The standard InChI is InChI=1S/C27H31N5O/c1-27(2,3)22-11-7-8-16-32(22)23-17-21(24-25(28)30-31-26(24)29-23)18-12-14-20(15-13-18)33-19-9-5-4-6-10-19/h4-6,9-10,12-15,17,22H,7-8,11,16H2,1-3H3,(H3,28,29,30,31). The Balaban J connectivity index is 1.54. The number of para-hydroxylation sites is 1. The third kappa shape index (κ3) is 4.25. The molecule has 4 aromatic rings. The SMILES string of the molecule is CC(C)(C)C1CCCCN1c1cc(-c2ccc(Oc3ccccc3)cc2)c2c(N)[nH]nc2n1. The summed E-state index contributed by atoms with van der Waals surface area (Å²) in [6, 6.07) is 20.5. The van der Waals surface area contributed by atoms with Crippen molar-refractivity contribution in [1.29, 1.82) is 0 Å². The predicted octanol–water partition coefficient (Wildman–Crippen LogP) is 6.40. The average Bonchev–Trinajstić information content (AvgIpc) is 3.20. The second kappa shape index (κ2) is 8.43. The van der Waals surface area contributed by atoms with Gasteiger partial charge in [-0.1, -0.05) is 51.1 Å². The van der Waals surface area contributed by atoms with Gasteiger partial charge in [0.1, 0.15) is 23.1 Å². The van der Waals surface area contributed by atoms with Gasteiger partial charge in [-0.15, -0.1) is 0 Å². The molecule has 1 unspecified atom stereocenters. The zero-order valence-corrected chi connectivity index (χ0v) is 19.5. The van der Waals surface area contributed by atoms with Gasteiger partial charge in [-0.05, 0) is 60.6 Å². The van der Waals surface area contributed by atoms with E-state index in [1.54, 1.807) is 0 Å². The molecule has 3 heterocycles. The summed E-state index contributed by atoms with van der Waals surface area (Å²) in [5.74, 6) is 3.11. The van der Waals surface area contributed by atoms with Gasteiger partial charge in [0.15, 0.2) is 5.65 Å². The smallest absolute Gasteiger partial charge is 0.185 e. The van der Waals surface area contributed by atoms with Crippen LogP contribution in [0.1, 0.15) is 40.0 Å². The largest absolute Gasteiger partial charge is 0.457 e. The molecule has 1 atom stereocenters. The number of hydrogen-bond donors (Lipinski definition) is 2. The second-order valence-electron chi connectivity index (χ2n) is 9.87. The fourth-order valence-corrected chi connectivity index (χ4v) is 4.84. The van der Waals surface area contributed by atoms with Gasteiger partial charge < -0.3 is 15.4 Å². The molecule has 6 heteroatoms. The second-order valence-corrected chi connectivity index (χ2v) is 9.87. The summed E-state index contributed by atoms with van der Waals surface area (Å²) in [6.07, 6.45) is 3.61. The van der Waals surface area contributed by atoms with E-state index in [9.17, 15) is 0 Å². The van der Waals surface area contributed by atoms with Crippen molar-refractivity contribution in [2.45, 2.75) is 46.1 Å². The van der Waals surface area contributed by atoms with Crippen molar-refractivity contribution in [3.8, 4) is 22.6 Å². The van der Waals surface area contributed by atoms with E-state index in [0.717, 1.165) is 40.4 Å². The quantitative estimate of drug-likeness (QED) is 0.383. The number of nitrogen functional groups attached to an aromatic ring is 1. The van der Waals surface area contributed by atoms with Gasteiger partial charge in [0.2, 0.25) is 0 Å². The van der Waals surface area contributed by atoms with Crippen LogP contribution < -0.4 is 15.4 Å². The van der Waals surface area contributed by atoms with E-state index in [4.69, 9.17) is 15.5 Å². The minimum atomic E-state index is 0.165. The third-order valence-corrected chi connectivity index (χ3v) is 6.48. The first-order valence-electron chi connectivity index (χ1n) is 11.6. The van der Waals surface area contributed by atoms with E-state index in [2.05, 4.69) is 54.1 Å². The number of anilines is 2. The number of ether oxygens (including phenoxy) is 1. The van der Waals surface area contributed by atoms with E-state index in [1.807, 2.05) is 42.5 Å². The highest BCUT2D eigenvalue weighted by molar-refractivity contribution is 6.01. The van der Waals surface area contributed by atoms with Crippen molar-refractivity contribution in [2.75, 3.05) is 17.2 Å². The normalized spacial score (nSPS) is 16.8. The van der Waals surface area contributed by atoms with Crippen LogP contribution in [-0.2, 0) is 0 Å². The lowest BCUT2D eigenvalue weighted by Crippen LogP contribution is -2.47. The molecule has 5 rings (SSSR count). The third-order valence-electron chi connectivity index (χ3n) is 6.48. The molecule has 170 valence electrons. The van der Waals surface area contributed by atoms with Gasteiger partial charge in [-0.2, -0.15) is 5.10 Å². The average molecular weight is 442 g/mol. The van der Waals surface area contributed by atoms with Crippen LogP contribution in [0.15, 0.2) is 60.7 Å². The van der Waals surface area contributed by atoms with E-state index < -0.39 is 0 Å². The zero-order valence-electron chi connectivity index (χ0n) is 19.5. The number of hydrogen-bond acceptors (Lipinski definition) is 5. The Hall–Kier alpha value is -3.54. The molecule has 1 aliphatic rings. The van der Waals surface area contributed by atoms with Crippen LogP contribution in [0.3, 0.4) is 0 Å². The van der Waals surface area contributed by atoms with E-state index >= 15 is 0 Å². The number of piperidine rings is 1. The Kier molecular flexibility index (Phi) is 5.44. The number of nitrogens with two attached hydrogens (primary N) is 1. The van der Waals surface area contributed by atoms with Crippen molar-refractivity contribution in [2.24, 2.45) is 5.41 Å². The first-order chi connectivity index (χ1) is 15.9. The lowest BCUT2D eigenvalue weighted by atomic mass is 9.80. The van der Waals surface area contributed by atoms with Gasteiger partial charge in [-0.25, -0.2) is 4.98 Å². The molecule has 2 aromatic carbocycles. The number of benzene rings is 2. The van der Waals surface area contributed by atoms with Crippen LogP contribution in [0.4, 0.5) is 11.6 Å². The Morgan fingerprint density at radius 3 is 2.45 bits per heavy atom. The summed E-state index contributed by atoms with van der Waals surface area (Å²) in [4.78, 5) is 7.38. The van der Waals surface area contributed by atoms with Crippen LogP contribution in [0.5, 0.6) is 11.5 Å². The molecule has 1 aliphatic heterocycles. The van der Waals surface area contributed by atoms with E-state index in [0.29, 0.717) is 17.5 Å². The molecule has 3 N–H and O–H groups in total. The topological polar surface area (TPSA) is 80.1 Å². The molecule has 0 amide bonds. The highest BCUT2D eigenvalue weighted by Gasteiger charge is 2.33. The van der Waals surface area contributed by atoms with E-state index in [-0.39, 0.29) is 5.41 Å². The van der Waals surface area contributed by atoms with Crippen LogP contribution >= 0.6 is 0 Å². The number of nitrogens with zero attached hydrogens (tertiary/aromatic N) is 3. The maximum atomic E-state index is 6.28. The summed E-state index contributed by atoms with van der Waals surface area (Å²) in [5, 5.41) is 8.19. The van der Waals surface area contributed by atoms with Gasteiger partial charge in [0.25, 0.3) is 0 Å². The van der Waals surface area contributed by atoms with Gasteiger partial charge in [-0.3, -0.25) is 5.10 Å². The Morgan fingerprint density at radius 2 is 1.73 bits per heavy atom. The molecule has 1 saturated heterocycles. The van der Waals surface area contributed by atoms with Crippen molar-refractivity contribution < 1.29 is 4.74 Å². The summed E-state index contributed by atoms with van der Waals surface area (Å²) in [7, 11) is 0. The minimum absolute atomic E-state index is 0.165. The fraction of sp³-hybridized carbons (Fsp3) is 0.333. The van der Waals surface area contributed by atoms with Gasteiger partial charge >= 0.3 is 0 Å². The summed E-state index contributed by atoms with van der Waals surface area (Å²) < 4.78 is 5.97. The minimum Gasteiger partial charge on any atom is -0.457 e. The lowest BCUT2D eigenvalue weighted by molar-refractivity contribution is 0.260. The number of pyridine rings is 1. The molecule has 0 aliphatic carbocycles. The van der Waals surface area contributed by atoms with Gasteiger partial charge in [0, 0.05) is 18.2 Å². The van der Waals surface area contributed by atoms with E-state index in [1.165, 1.54) is 19.3 Å². The van der Waals surface area contributed by atoms with Crippen LogP contribution in [0.25, 0.3) is 22.2 Å². The van der Waals surface area contributed by atoms with Crippen LogP contribution in [0.2, 0.25) is 0 Å². The first-order valence-corrected chi connectivity index (χ1v) is 11.6. The number of aromatic amines is 1. The van der Waals surface area contributed by atoms with Crippen molar-refractivity contribution >= 4 is 22.7 Å². The maximum Gasteiger partial charge on any atom is 0.185 e. The molecule has 1 fully saturated rings. The molecule has 0 radical (unpaired) electrons. The van der Waals surface area contributed by atoms with Crippen molar-refractivity contribution in [3.63, 3.8) is 0 Å². The molecule has 33 heavy (non-hydrogen) atoms. The number of fused-ring (bicyclic) bond motifs is 1. The molecule has 2 aromatic heterocycles. The monoisotopic (exact) mass is 441 g/mol. The summed E-state index contributed by atoms with van der Waals surface area (Å²) in [5.41, 5.74) is 9.19. The molecule has 6 nitrogen and oxygen atoms in total. The van der Waals surface area contributed by atoms with Crippen molar-refractivity contribution in [3.05, 3.63) is 60.7 Å².